The van der Waals surface area contributed by atoms with E-state index < -0.39 is 0 Å². The number of halogens is 1. The first-order chi connectivity index (χ1) is 13.5. The van der Waals surface area contributed by atoms with Crippen molar-refractivity contribution in [1.29, 1.82) is 0 Å². The molecule has 0 bridgehead atoms. The molecule has 0 aliphatic carbocycles. The Morgan fingerprint density at radius 2 is 1.79 bits per heavy atom. The third-order valence-electron chi connectivity index (χ3n) is 4.55. The summed E-state index contributed by atoms with van der Waals surface area (Å²) in [7, 11) is 3.70. The van der Waals surface area contributed by atoms with Crippen molar-refractivity contribution in [2.45, 2.75) is 25.0 Å². The second-order valence-corrected chi connectivity index (χ2v) is 7.90. The summed E-state index contributed by atoms with van der Waals surface area (Å²) in [4.78, 5) is 14.2. The van der Waals surface area contributed by atoms with Gasteiger partial charge in [0.05, 0.1) is 10.8 Å². The van der Waals surface area contributed by atoms with E-state index in [1.165, 1.54) is 17.3 Å². The molecule has 28 heavy (non-hydrogen) atoms. The number of carbonyl (C=O) groups is 1. The van der Waals surface area contributed by atoms with Crippen LogP contribution in [0.25, 0.3) is 11.4 Å². The van der Waals surface area contributed by atoms with E-state index in [2.05, 4.69) is 41.4 Å². The van der Waals surface area contributed by atoms with Gasteiger partial charge in [0.25, 0.3) is 0 Å². The van der Waals surface area contributed by atoms with Gasteiger partial charge in [0.2, 0.25) is 5.91 Å². The standard InChI is InChI=1S/C21H23ClN4OS/c1-4-15-9-11-16(12-10-15)13-25(2)19(27)14-28-21-24-23-20(26(21)3)17-7-5-6-8-18(17)22/h5-12H,4,13-14H2,1-3H3. The van der Waals surface area contributed by atoms with Crippen LogP contribution in [0.1, 0.15) is 18.1 Å². The smallest absolute Gasteiger partial charge is 0.233 e. The minimum Gasteiger partial charge on any atom is -0.341 e. The summed E-state index contributed by atoms with van der Waals surface area (Å²) in [6, 6.07) is 15.9. The summed E-state index contributed by atoms with van der Waals surface area (Å²) in [5.41, 5.74) is 3.24. The van der Waals surface area contributed by atoms with E-state index in [1.54, 1.807) is 4.90 Å². The summed E-state index contributed by atoms with van der Waals surface area (Å²) < 4.78 is 1.86. The molecule has 0 atom stereocenters. The third kappa shape index (κ3) is 4.75. The number of carbonyl (C=O) groups excluding carboxylic acids is 1. The molecule has 0 radical (unpaired) electrons. The predicted molar refractivity (Wildman–Crippen MR) is 114 cm³/mol. The molecule has 0 saturated heterocycles. The van der Waals surface area contributed by atoms with Crippen molar-refractivity contribution in [2.24, 2.45) is 7.05 Å². The molecule has 0 saturated carbocycles. The van der Waals surface area contributed by atoms with Crippen molar-refractivity contribution in [3.8, 4) is 11.4 Å². The molecular formula is C21H23ClN4OS. The van der Waals surface area contributed by atoms with Gasteiger partial charge in [0.15, 0.2) is 11.0 Å². The maximum absolute atomic E-state index is 12.5. The zero-order valence-corrected chi connectivity index (χ0v) is 17.8. The van der Waals surface area contributed by atoms with Gasteiger partial charge in [0, 0.05) is 26.2 Å². The van der Waals surface area contributed by atoms with E-state index in [9.17, 15) is 4.79 Å². The Balaban J connectivity index is 1.60. The van der Waals surface area contributed by atoms with Crippen molar-refractivity contribution in [1.82, 2.24) is 19.7 Å². The molecule has 0 aliphatic heterocycles. The van der Waals surface area contributed by atoms with Crippen molar-refractivity contribution >= 4 is 29.3 Å². The van der Waals surface area contributed by atoms with Crippen LogP contribution in [0.2, 0.25) is 5.02 Å². The average Bonchev–Trinajstić information content (AvgIpc) is 3.07. The molecule has 0 fully saturated rings. The molecular weight excluding hydrogens is 392 g/mol. The lowest BCUT2D eigenvalue weighted by Gasteiger charge is -2.17. The SMILES string of the molecule is CCc1ccc(CN(C)C(=O)CSc2nnc(-c3ccccc3Cl)n2C)cc1. The summed E-state index contributed by atoms with van der Waals surface area (Å²) in [5.74, 6) is 1.04. The Bertz CT molecular complexity index is 955. The molecule has 1 aromatic heterocycles. The summed E-state index contributed by atoms with van der Waals surface area (Å²) in [6.45, 7) is 2.72. The van der Waals surface area contributed by atoms with Gasteiger partial charge in [-0.15, -0.1) is 10.2 Å². The molecule has 1 heterocycles. The Hall–Kier alpha value is -2.31. The number of hydrogen-bond donors (Lipinski definition) is 0. The lowest BCUT2D eigenvalue weighted by molar-refractivity contribution is -0.127. The van der Waals surface area contributed by atoms with E-state index in [4.69, 9.17) is 11.6 Å². The Morgan fingerprint density at radius 1 is 1.11 bits per heavy atom. The van der Waals surface area contributed by atoms with Crippen molar-refractivity contribution in [3.05, 3.63) is 64.7 Å². The largest absolute Gasteiger partial charge is 0.341 e. The van der Waals surface area contributed by atoms with Crippen LogP contribution in [0.15, 0.2) is 53.7 Å². The van der Waals surface area contributed by atoms with Crippen LogP contribution in [0.3, 0.4) is 0 Å². The number of nitrogens with zero attached hydrogens (tertiary/aromatic N) is 4. The predicted octanol–water partition coefficient (Wildman–Crippen LogP) is 4.45. The van der Waals surface area contributed by atoms with E-state index in [0.717, 1.165) is 17.5 Å². The van der Waals surface area contributed by atoms with Crippen LogP contribution < -0.4 is 0 Å². The highest BCUT2D eigenvalue weighted by Crippen LogP contribution is 2.28. The topological polar surface area (TPSA) is 51.0 Å². The normalized spacial score (nSPS) is 10.9. The molecule has 7 heteroatoms. The number of hydrogen-bond acceptors (Lipinski definition) is 4. The number of rotatable bonds is 7. The summed E-state index contributed by atoms with van der Waals surface area (Å²) in [6.07, 6.45) is 1.01. The number of aromatic nitrogens is 3. The van der Waals surface area contributed by atoms with Crippen LogP contribution in [-0.4, -0.2) is 38.4 Å². The highest BCUT2D eigenvalue weighted by Gasteiger charge is 2.16. The van der Waals surface area contributed by atoms with Crippen LogP contribution in [0.4, 0.5) is 0 Å². The van der Waals surface area contributed by atoms with Crippen LogP contribution in [0, 0.1) is 0 Å². The van der Waals surface area contributed by atoms with Gasteiger partial charge in [-0.1, -0.05) is 66.7 Å². The van der Waals surface area contributed by atoms with Crippen molar-refractivity contribution in [3.63, 3.8) is 0 Å². The van der Waals surface area contributed by atoms with Gasteiger partial charge in [-0.25, -0.2) is 0 Å². The fraction of sp³-hybridized carbons (Fsp3) is 0.286. The Kier molecular flexibility index (Phi) is 6.75. The van der Waals surface area contributed by atoms with Gasteiger partial charge in [0.1, 0.15) is 0 Å². The summed E-state index contributed by atoms with van der Waals surface area (Å²) in [5, 5.41) is 9.76. The molecule has 2 aromatic carbocycles. The van der Waals surface area contributed by atoms with E-state index in [-0.39, 0.29) is 5.91 Å². The molecule has 1 amide bonds. The lowest BCUT2D eigenvalue weighted by atomic mass is 10.1. The maximum Gasteiger partial charge on any atom is 0.233 e. The van der Waals surface area contributed by atoms with E-state index >= 15 is 0 Å². The minimum absolute atomic E-state index is 0.0480. The minimum atomic E-state index is 0.0480. The fourth-order valence-electron chi connectivity index (χ4n) is 2.80. The van der Waals surface area contributed by atoms with Gasteiger partial charge in [-0.05, 0) is 29.7 Å². The van der Waals surface area contributed by atoms with Gasteiger partial charge < -0.3 is 9.47 Å². The molecule has 0 N–H and O–H groups in total. The number of benzene rings is 2. The first-order valence-electron chi connectivity index (χ1n) is 9.08. The molecule has 0 aliphatic rings. The molecule has 3 aromatic rings. The van der Waals surface area contributed by atoms with Crippen molar-refractivity contribution < 1.29 is 4.79 Å². The van der Waals surface area contributed by atoms with E-state index in [0.29, 0.717) is 28.3 Å². The molecule has 0 unspecified atom stereocenters. The monoisotopic (exact) mass is 414 g/mol. The van der Waals surface area contributed by atoms with Crippen LogP contribution >= 0.6 is 23.4 Å². The molecule has 5 nitrogen and oxygen atoms in total. The highest BCUT2D eigenvalue weighted by molar-refractivity contribution is 7.99. The zero-order chi connectivity index (χ0) is 20.1. The van der Waals surface area contributed by atoms with Crippen LogP contribution in [-0.2, 0) is 24.8 Å². The molecule has 0 spiro atoms. The quantitative estimate of drug-likeness (QED) is 0.536. The van der Waals surface area contributed by atoms with Gasteiger partial charge in [-0.2, -0.15) is 0 Å². The number of aryl methyl sites for hydroxylation is 1. The summed E-state index contributed by atoms with van der Waals surface area (Å²) >= 11 is 7.63. The fourth-order valence-corrected chi connectivity index (χ4v) is 3.87. The van der Waals surface area contributed by atoms with Crippen molar-refractivity contribution in [2.75, 3.05) is 12.8 Å². The molecule has 146 valence electrons. The first-order valence-corrected chi connectivity index (χ1v) is 10.4. The maximum atomic E-state index is 12.5. The molecule has 3 rings (SSSR count). The van der Waals surface area contributed by atoms with Crippen LogP contribution in [0.5, 0.6) is 0 Å². The number of thioether (sulfide) groups is 1. The lowest BCUT2D eigenvalue weighted by Crippen LogP contribution is -2.27. The third-order valence-corrected chi connectivity index (χ3v) is 5.89. The highest BCUT2D eigenvalue weighted by atomic mass is 35.5. The first kappa shape index (κ1) is 20.4. The zero-order valence-electron chi connectivity index (χ0n) is 16.2. The van der Waals surface area contributed by atoms with E-state index in [1.807, 2.05) is 42.9 Å². The average molecular weight is 415 g/mol. The Labute approximate surface area is 174 Å². The van der Waals surface area contributed by atoms with Gasteiger partial charge >= 0.3 is 0 Å². The second kappa shape index (κ2) is 9.26. The van der Waals surface area contributed by atoms with Gasteiger partial charge in [-0.3, -0.25) is 4.79 Å². The second-order valence-electron chi connectivity index (χ2n) is 6.55. The number of amides is 1. The Morgan fingerprint density at radius 3 is 2.46 bits per heavy atom.